The van der Waals surface area contributed by atoms with Gasteiger partial charge in [-0.05, 0) is 37.1 Å². The minimum atomic E-state index is -0.345. The number of aliphatic hydroxyl groups excluding tert-OH is 1. The molecule has 1 atom stereocenters. The number of benzene rings is 1. The molecule has 2 heteroatoms. The van der Waals surface area contributed by atoms with Crippen LogP contribution in [-0.4, -0.2) is 10.1 Å². The predicted octanol–water partition coefficient (Wildman–Crippen LogP) is 4.94. The number of hydrogen-bond acceptors (Lipinski definition) is 2. The Morgan fingerprint density at radius 3 is 2.65 bits per heavy atom. The predicted molar refractivity (Wildman–Crippen MR) is 84.8 cm³/mol. The molecule has 1 N–H and O–H groups in total. The minimum Gasteiger partial charge on any atom is -0.388 e. The topological polar surface area (TPSA) is 33.1 Å². The lowest BCUT2D eigenvalue weighted by Crippen LogP contribution is -1.98. The average Bonchev–Trinajstić information content (AvgIpc) is 2.46. The van der Waals surface area contributed by atoms with Gasteiger partial charge in [-0.15, -0.1) is 0 Å². The van der Waals surface area contributed by atoms with Gasteiger partial charge in [0.05, 0.1) is 11.6 Å². The molecule has 1 heterocycles. The summed E-state index contributed by atoms with van der Waals surface area (Å²) in [4.78, 5) is 4.49. The number of pyridine rings is 1. The van der Waals surface area contributed by atoms with Crippen molar-refractivity contribution in [2.24, 2.45) is 0 Å². The molecule has 108 valence electrons. The van der Waals surface area contributed by atoms with Crippen molar-refractivity contribution in [3.05, 3.63) is 41.6 Å². The van der Waals surface area contributed by atoms with Crippen molar-refractivity contribution in [3.8, 4) is 0 Å². The lowest BCUT2D eigenvalue weighted by Gasteiger charge is -2.12. The van der Waals surface area contributed by atoms with Gasteiger partial charge in [0.25, 0.3) is 0 Å². The second-order valence-electron chi connectivity index (χ2n) is 5.62. The van der Waals surface area contributed by atoms with Crippen LogP contribution in [0.15, 0.2) is 30.3 Å². The molecule has 1 aromatic heterocycles. The van der Waals surface area contributed by atoms with Crippen molar-refractivity contribution in [3.63, 3.8) is 0 Å². The molecule has 0 spiro atoms. The van der Waals surface area contributed by atoms with Crippen molar-refractivity contribution in [2.45, 2.75) is 58.5 Å². The Balaban J connectivity index is 1.96. The average molecular weight is 271 g/mol. The summed E-state index contributed by atoms with van der Waals surface area (Å²) in [6.45, 7) is 4.22. The third kappa shape index (κ3) is 4.04. The maximum atomic E-state index is 10.3. The van der Waals surface area contributed by atoms with Crippen LogP contribution in [-0.2, 0) is 0 Å². The van der Waals surface area contributed by atoms with E-state index < -0.39 is 0 Å². The van der Waals surface area contributed by atoms with Gasteiger partial charge in [-0.3, -0.25) is 4.98 Å². The van der Waals surface area contributed by atoms with Crippen molar-refractivity contribution in [1.29, 1.82) is 0 Å². The van der Waals surface area contributed by atoms with E-state index in [4.69, 9.17) is 0 Å². The molecule has 20 heavy (non-hydrogen) atoms. The fraction of sp³-hybridized carbons (Fsp3) is 0.500. The monoisotopic (exact) mass is 271 g/mol. The molecule has 1 aromatic carbocycles. The third-order valence-electron chi connectivity index (χ3n) is 3.82. The molecule has 1 unspecified atom stereocenters. The quantitative estimate of drug-likeness (QED) is 0.724. The fourth-order valence-electron chi connectivity index (χ4n) is 2.56. The zero-order valence-corrected chi connectivity index (χ0v) is 12.6. The summed E-state index contributed by atoms with van der Waals surface area (Å²) in [6.07, 6.45) is 6.68. The van der Waals surface area contributed by atoms with E-state index in [1.54, 1.807) is 0 Å². The molecular formula is C18H25NO. The van der Waals surface area contributed by atoms with Crippen molar-refractivity contribution in [1.82, 2.24) is 4.98 Å². The van der Waals surface area contributed by atoms with Crippen molar-refractivity contribution < 1.29 is 5.11 Å². The molecular weight excluding hydrogens is 246 g/mol. The summed E-state index contributed by atoms with van der Waals surface area (Å²) in [6, 6.07) is 10.2. The first-order valence-corrected chi connectivity index (χ1v) is 7.76. The molecule has 0 amide bonds. The number of hydrogen-bond donors (Lipinski definition) is 1. The first kappa shape index (κ1) is 15.0. The van der Waals surface area contributed by atoms with E-state index in [0.29, 0.717) is 0 Å². The Morgan fingerprint density at radius 1 is 1.05 bits per heavy atom. The Bertz CT molecular complexity index is 550. The third-order valence-corrected chi connectivity index (χ3v) is 3.82. The van der Waals surface area contributed by atoms with Gasteiger partial charge in [0.15, 0.2) is 0 Å². The standard InChI is InChI=1S/C18H25NO/c1-3-4-5-6-7-8-18(20)16-11-12-17-15(13-16)10-9-14(2)19-17/h9-13,18,20H,3-8H2,1-2H3. The highest BCUT2D eigenvalue weighted by Crippen LogP contribution is 2.23. The Kier molecular flexibility index (Phi) is 5.54. The number of nitrogens with zero attached hydrogens (tertiary/aromatic N) is 1. The van der Waals surface area contributed by atoms with Crippen LogP contribution in [0.1, 0.15) is 62.8 Å². The summed E-state index contributed by atoms with van der Waals surface area (Å²) in [5.41, 5.74) is 3.05. The zero-order valence-electron chi connectivity index (χ0n) is 12.6. The van der Waals surface area contributed by atoms with E-state index >= 15 is 0 Å². The molecule has 2 aromatic rings. The zero-order chi connectivity index (χ0) is 14.4. The Hall–Kier alpha value is -1.41. The summed E-state index contributed by atoms with van der Waals surface area (Å²) >= 11 is 0. The van der Waals surface area contributed by atoms with Gasteiger partial charge in [0.2, 0.25) is 0 Å². The normalized spacial score (nSPS) is 12.8. The number of rotatable bonds is 7. The van der Waals surface area contributed by atoms with Crippen molar-refractivity contribution >= 4 is 10.9 Å². The largest absolute Gasteiger partial charge is 0.388 e. The van der Waals surface area contributed by atoms with Gasteiger partial charge in [-0.25, -0.2) is 0 Å². The van der Waals surface area contributed by atoms with Gasteiger partial charge in [0.1, 0.15) is 0 Å². The first-order valence-electron chi connectivity index (χ1n) is 7.76. The van der Waals surface area contributed by atoms with Crippen LogP contribution < -0.4 is 0 Å². The van der Waals surface area contributed by atoms with Crippen LogP contribution in [0.4, 0.5) is 0 Å². The fourth-order valence-corrected chi connectivity index (χ4v) is 2.56. The summed E-state index contributed by atoms with van der Waals surface area (Å²) in [5.74, 6) is 0. The molecule has 0 aliphatic heterocycles. The molecule has 0 saturated carbocycles. The lowest BCUT2D eigenvalue weighted by molar-refractivity contribution is 0.163. The second kappa shape index (κ2) is 7.39. The second-order valence-corrected chi connectivity index (χ2v) is 5.62. The SMILES string of the molecule is CCCCCCCC(O)c1ccc2nc(C)ccc2c1. The van der Waals surface area contributed by atoms with E-state index in [2.05, 4.69) is 24.0 Å². The van der Waals surface area contributed by atoms with Crippen molar-refractivity contribution in [2.75, 3.05) is 0 Å². The molecule has 0 saturated heterocycles. The molecule has 2 nitrogen and oxygen atoms in total. The highest BCUT2D eigenvalue weighted by Gasteiger charge is 2.08. The number of unbranched alkanes of at least 4 members (excludes halogenated alkanes) is 4. The van der Waals surface area contributed by atoms with E-state index in [1.165, 1.54) is 25.7 Å². The summed E-state index contributed by atoms with van der Waals surface area (Å²) < 4.78 is 0. The molecule has 2 rings (SSSR count). The van der Waals surface area contributed by atoms with E-state index in [-0.39, 0.29) is 6.10 Å². The highest BCUT2D eigenvalue weighted by atomic mass is 16.3. The van der Waals surface area contributed by atoms with Gasteiger partial charge in [-0.1, -0.05) is 51.2 Å². The molecule has 0 aliphatic rings. The minimum absolute atomic E-state index is 0.345. The van der Waals surface area contributed by atoms with Gasteiger partial charge in [0, 0.05) is 11.1 Å². The van der Waals surface area contributed by atoms with E-state index in [1.807, 2.05) is 25.1 Å². The maximum absolute atomic E-state index is 10.3. The molecule has 0 aliphatic carbocycles. The van der Waals surface area contributed by atoms with Crippen LogP contribution in [0.2, 0.25) is 0 Å². The van der Waals surface area contributed by atoms with Gasteiger partial charge in [-0.2, -0.15) is 0 Å². The summed E-state index contributed by atoms with van der Waals surface area (Å²) in [5, 5.41) is 11.4. The smallest absolute Gasteiger partial charge is 0.0790 e. The molecule has 0 fully saturated rings. The molecule has 0 radical (unpaired) electrons. The van der Waals surface area contributed by atoms with Gasteiger partial charge < -0.3 is 5.11 Å². The lowest BCUT2D eigenvalue weighted by atomic mass is 10.0. The first-order chi connectivity index (χ1) is 9.70. The number of aryl methyl sites for hydroxylation is 1. The highest BCUT2D eigenvalue weighted by molar-refractivity contribution is 5.79. The van der Waals surface area contributed by atoms with Crippen LogP contribution in [0.5, 0.6) is 0 Å². The van der Waals surface area contributed by atoms with Gasteiger partial charge >= 0.3 is 0 Å². The van der Waals surface area contributed by atoms with Crippen LogP contribution in [0.3, 0.4) is 0 Å². The Labute approximate surface area is 121 Å². The number of aromatic nitrogens is 1. The summed E-state index contributed by atoms with van der Waals surface area (Å²) in [7, 11) is 0. The van der Waals surface area contributed by atoms with Crippen LogP contribution in [0.25, 0.3) is 10.9 Å². The molecule has 0 bridgehead atoms. The number of aliphatic hydroxyl groups is 1. The van der Waals surface area contributed by atoms with Crippen LogP contribution >= 0.6 is 0 Å². The number of fused-ring (bicyclic) bond motifs is 1. The van der Waals surface area contributed by atoms with E-state index in [9.17, 15) is 5.11 Å². The maximum Gasteiger partial charge on any atom is 0.0790 e. The van der Waals surface area contributed by atoms with Crippen LogP contribution in [0, 0.1) is 6.92 Å². The Morgan fingerprint density at radius 2 is 1.85 bits per heavy atom. The van der Waals surface area contributed by atoms with E-state index in [0.717, 1.165) is 35.0 Å².